The van der Waals surface area contributed by atoms with E-state index in [0.29, 0.717) is 0 Å². The Kier molecular flexibility index (Phi) is 10.7. The van der Waals surface area contributed by atoms with Gasteiger partial charge >= 0.3 is 0 Å². The van der Waals surface area contributed by atoms with Gasteiger partial charge in [-0.3, -0.25) is 0 Å². The van der Waals surface area contributed by atoms with Crippen molar-refractivity contribution in [1.29, 1.82) is 0 Å². The van der Waals surface area contributed by atoms with E-state index < -0.39 is 8.07 Å². The van der Waals surface area contributed by atoms with Gasteiger partial charge in [-0.15, -0.1) is 0 Å². The third-order valence-corrected chi connectivity index (χ3v) is 16.2. The summed E-state index contributed by atoms with van der Waals surface area (Å²) in [6.07, 6.45) is 0. The quantitative estimate of drug-likeness (QED) is 0.183. The molecule has 0 saturated carbocycles. The Bertz CT molecular complexity index is 1640. The number of rotatable bonds is 10. The Hall–Kier alpha value is -3.84. The lowest BCUT2D eigenvalue weighted by Crippen LogP contribution is -2.71. The summed E-state index contributed by atoms with van der Waals surface area (Å²) in [5.41, 5.74) is 16.0. The molecule has 49 heavy (non-hydrogen) atoms. The van der Waals surface area contributed by atoms with Gasteiger partial charge in [0.15, 0.2) is 8.07 Å². The number of benzene rings is 3. The summed E-state index contributed by atoms with van der Waals surface area (Å²) < 4.78 is 0. The van der Waals surface area contributed by atoms with E-state index in [9.17, 15) is 0 Å². The number of hydrogen-bond acceptors (Lipinski definition) is 6. The van der Waals surface area contributed by atoms with Crippen LogP contribution in [-0.4, -0.2) is 92.6 Å². The fourth-order valence-corrected chi connectivity index (χ4v) is 15.3. The lowest BCUT2D eigenvalue weighted by Gasteiger charge is -2.45. The number of aryl methyl sites for hydroxylation is 3. The number of allylic oxidation sites excluding steroid dienone is 4. The van der Waals surface area contributed by atoms with Gasteiger partial charge in [-0.2, -0.15) is 0 Å². The van der Waals surface area contributed by atoms with Gasteiger partial charge < -0.3 is 29.4 Å². The standard InChI is InChI=1S/C42H64N6Si/c1-26-20-23-33(39(46(14)15)36(26)43(8)9)49(42-31(6)29(4)30(5)32(42)7,34-24-21-27(2)37(44(10)11)40(34)47(16)17)35-25-22-28(3)38(45(12)13)41(35)48(18)19/h20-25,31H,1-19H3. The highest BCUT2D eigenvalue weighted by molar-refractivity contribution is 7.18. The minimum Gasteiger partial charge on any atom is -0.376 e. The van der Waals surface area contributed by atoms with Crippen LogP contribution < -0.4 is 45.0 Å². The molecule has 1 aliphatic rings. The van der Waals surface area contributed by atoms with Crippen LogP contribution in [-0.2, 0) is 0 Å². The van der Waals surface area contributed by atoms with Gasteiger partial charge in [0.25, 0.3) is 0 Å². The van der Waals surface area contributed by atoms with Crippen LogP contribution in [0, 0.1) is 26.7 Å². The predicted octanol–water partition coefficient (Wildman–Crippen LogP) is 6.32. The molecular weight excluding hydrogens is 617 g/mol. The smallest absolute Gasteiger partial charge is 0.183 e. The summed E-state index contributed by atoms with van der Waals surface area (Å²) in [4.78, 5) is 14.1. The molecule has 1 unspecified atom stereocenters. The fourth-order valence-electron chi connectivity index (χ4n) is 8.84. The first-order valence-electron chi connectivity index (χ1n) is 17.6. The second-order valence-corrected chi connectivity index (χ2v) is 19.2. The molecule has 0 bridgehead atoms. The Morgan fingerprint density at radius 3 is 0.857 bits per heavy atom. The van der Waals surface area contributed by atoms with Crippen LogP contribution in [0.3, 0.4) is 0 Å². The highest BCUT2D eigenvalue weighted by Gasteiger charge is 2.53. The maximum Gasteiger partial charge on any atom is 0.183 e. The van der Waals surface area contributed by atoms with Crippen molar-refractivity contribution in [3.63, 3.8) is 0 Å². The van der Waals surface area contributed by atoms with Crippen molar-refractivity contribution in [2.45, 2.75) is 48.5 Å². The molecule has 0 fully saturated rings. The largest absolute Gasteiger partial charge is 0.376 e. The maximum atomic E-state index is 2.50. The fraction of sp³-hybridized carbons (Fsp3) is 0.476. The molecule has 0 saturated heterocycles. The van der Waals surface area contributed by atoms with Gasteiger partial charge in [-0.25, -0.2) is 0 Å². The number of hydrogen-bond donors (Lipinski definition) is 0. The third-order valence-electron chi connectivity index (χ3n) is 11.0. The van der Waals surface area contributed by atoms with Crippen LogP contribution in [0.2, 0.25) is 0 Å². The summed E-state index contributed by atoms with van der Waals surface area (Å²) in [5, 5.41) is 5.89. The molecule has 3 aromatic carbocycles. The van der Waals surface area contributed by atoms with Crippen molar-refractivity contribution in [3.05, 3.63) is 75.0 Å². The second kappa shape index (κ2) is 13.8. The lowest BCUT2D eigenvalue weighted by molar-refractivity contribution is 0.851. The lowest BCUT2D eigenvalue weighted by atomic mass is 10.1. The highest BCUT2D eigenvalue weighted by atomic mass is 28.3. The van der Waals surface area contributed by atoms with Crippen LogP contribution in [0.5, 0.6) is 0 Å². The van der Waals surface area contributed by atoms with Crippen molar-refractivity contribution < 1.29 is 0 Å². The Balaban J connectivity index is 2.59. The van der Waals surface area contributed by atoms with Gasteiger partial charge in [0.2, 0.25) is 0 Å². The van der Waals surface area contributed by atoms with Crippen LogP contribution in [0.15, 0.2) is 58.3 Å². The molecule has 7 heteroatoms. The average Bonchev–Trinajstić information content (AvgIpc) is 3.19. The summed E-state index contributed by atoms with van der Waals surface area (Å²) in [6.45, 7) is 16.4. The van der Waals surface area contributed by atoms with Gasteiger partial charge in [0.1, 0.15) is 0 Å². The van der Waals surface area contributed by atoms with Crippen molar-refractivity contribution in [1.82, 2.24) is 0 Å². The van der Waals surface area contributed by atoms with Gasteiger partial charge in [0, 0.05) is 84.6 Å². The van der Waals surface area contributed by atoms with E-state index in [0.717, 1.165) is 0 Å². The molecule has 4 rings (SSSR count). The summed E-state index contributed by atoms with van der Waals surface area (Å²) in [6, 6.07) is 14.7. The minimum absolute atomic E-state index is 0.282. The molecule has 0 aliphatic heterocycles. The first kappa shape index (κ1) is 38.0. The minimum atomic E-state index is -3.19. The van der Waals surface area contributed by atoms with Crippen molar-refractivity contribution in [2.24, 2.45) is 5.92 Å². The van der Waals surface area contributed by atoms with Crippen LogP contribution in [0.25, 0.3) is 0 Å². The summed E-state index contributed by atoms with van der Waals surface area (Å²) in [5.74, 6) is 0.282. The zero-order valence-corrected chi connectivity index (χ0v) is 35.2. The summed E-state index contributed by atoms with van der Waals surface area (Å²) >= 11 is 0. The molecule has 0 aromatic heterocycles. The van der Waals surface area contributed by atoms with Gasteiger partial charge in [0.05, 0.1) is 34.1 Å². The second-order valence-electron chi connectivity index (χ2n) is 15.6. The van der Waals surface area contributed by atoms with Gasteiger partial charge in [-0.05, 0) is 85.3 Å². The molecule has 6 nitrogen and oxygen atoms in total. The normalized spacial score (nSPS) is 14.9. The number of anilines is 6. The predicted molar refractivity (Wildman–Crippen MR) is 224 cm³/mol. The van der Waals surface area contributed by atoms with Crippen LogP contribution >= 0.6 is 0 Å². The van der Waals surface area contributed by atoms with E-state index in [-0.39, 0.29) is 5.92 Å². The van der Waals surface area contributed by atoms with Crippen LogP contribution in [0.1, 0.15) is 44.4 Å². The monoisotopic (exact) mass is 680 g/mol. The molecule has 0 amide bonds. The third kappa shape index (κ3) is 5.92. The Morgan fingerprint density at radius 1 is 0.388 bits per heavy atom. The molecule has 1 atom stereocenters. The van der Waals surface area contributed by atoms with E-state index in [2.05, 4.69) is 199 Å². The maximum absolute atomic E-state index is 3.19. The Morgan fingerprint density at radius 2 is 0.653 bits per heavy atom. The first-order valence-corrected chi connectivity index (χ1v) is 19.6. The molecular formula is C42H64N6Si. The molecule has 0 N–H and O–H groups in total. The van der Waals surface area contributed by atoms with Crippen molar-refractivity contribution in [2.75, 3.05) is 114 Å². The molecule has 0 heterocycles. The zero-order chi connectivity index (χ0) is 37.0. The molecule has 0 spiro atoms. The first-order chi connectivity index (χ1) is 22.7. The summed E-state index contributed by atoms with van der Waals surface area (Å²) in [7, 11) is 23.4. The SMILES string of the molecule is CC1=C(C)C(C)C([Si](c2ccc(C)c(N(C)C)c2N(C)C)(c2ccc(C)c(N(C)C)c2N(C)C)c2ccc(C)c(N(C)C)c2N(C)C)=C1C. The molecule has 3 aromatic rings. The molecule has 0 radical (unpaired) electrons. The van der Waals surface area contributed by atoms with Crippen LogP contribution in [0.4, 0.5) is 34.1 Å². The zero-order valence-electron chi connectivity index (χ0n) is 34.2. The number of nitrogens with zero attached hydrogens (tertiary/aromatic N) is 6. The Labute approximate surface area is 300 Å². The van der Waals surface area contributed by atoms with E-state index in [4.69, 9.17) is 0 Å². The molecule has 1 aliphatic carbocycles. The van der Waals surface area contributed by atoms with Crippen molar-refractivity contribution >= 4 is 57.8 Å². The van der Waals surface area contributed by atoms with Gasteiger partial charge in [-0.1, -0.05) is 59.7 Å². The van der Waals surface area contributed by atoms with E-state index in [1.165, 1.54) is 83.1 Å². The van der Waals surface area contributed by atoms with E-state index in [1.807, 2.05) is 0 Å². The average molecular weight is 681 g/mol. The van der Waals surface area contributed by atoms with E-state index in [1.54, 1.807) is 5.20 Å². The molecule has 266 valence electrons. The highest BCUT2D eigenvalue weighted by Crippen LogP contribution is 2.47. The van der Waals surface area contributed by atoms with E-state index >= 15 is 0 Å². The van der Waals surface area contributed by atoms with Crippen molar-refractivity contribution in [3.8, 4) is 0 Å². The topological polar surface area (TPSA) is 19.4 Å².